The molecule has 14 heavy (non-hydrogen) atoms. The van der Waals surface area contributed by atoms with Crippen LogP contribution < -0.4 is 4.90 Å². The molecule has 1 aliphatic heterocycles. The molecule has 0 unspecified atom stereocenters. The zero-order valence-electron chi connectivity index (χ0n) is 7.67. The van der Waals surface area contributed by atoms with Crippen LogP contribution in [0.1, 0.15) is 0 Å². The maximum atomic E-state index is 12.9. The van der Waals surface area contributed by atoms with Crippen molar-refractivity contribution in [2.45, 2.75) is 0 Å². The highest BCUT2D eigenvalue weighted by Gasteiger charge is 2.12. The maximum absolute atomic E-state index is 12.9. The van der Waals surface area contributed by atoms with E-state index >= 15 is 0 Å². The molecule has 1 aliphatic rings. The van der Waals surface area contributed by atoms with E-state index in [4.69, 9.17) is 4.74 Å². The molecule has 0 aromatic heterocycles. The Bertz CT molecular complexity index is 324. The lowest BCUT2D eigenvalue weighted by atomic mass is 10.2. The van der Waals surface area contributed by atoms with Crippen molar-refractivity contribution in [3.05, 3.63) is 29.8 Å². The molecular formula is C10H11F2NO. The largest absolute Gasteiger partial charge is 0.378 e. The number of benzene rings is 1. The molecule has 0 bridgehead atoms. The summed E-state index contributed by atoms with van der Waals surface area (Å²) in [7, 11) is 0. The van der Waals surface area contributed by atoms with Gasteiger partial charge in [0, 0.05) is 24.8 Å². The summed E-state index contributed by atoms with van der Waals surface area (Å²) in [5.74, 6) is -1.60. The fraction of sp³-hybridized carbons (Fsp3) is 0.400. The Morgan fingerprint density at radius 1 is 1.07 bits per heavy atom. The minimum absolute atomic E-state index is 0.638. The molecule has 1 saturated heterocycles. The third-order valence-corrected chi connectivity index (χ3v) is 2.28. The quantitative estimate of drug-likeness (QED) is 0.683. The van der Waals surface area contributed by atoms with Crippen molar-refractivity contribution in [3.8, 4) is 0 Å². The van der Waals surface area contributed by atoms with E-state index in [1.165, 1.54) is 6.07 Å². The van der Waals surface area contributed by atoms with E-state index in [9.17, 15) is 8.78 Å². The van der Waals surface area contributed by atoms with Crippen molar-refractivity contribution in [3.63, 3.8) is 0 Å². The normalized spacial score (nSPS) is 17.1. The van der Waals surface area contributed by atoms with Gasteiger partial charge in [0.15, 0.2) is 11.6 Å². The van der Waals surface area contributed by atoms with Crippen LogP contribution in [0.5, 0.6) is 0 Å². The molecular weight excluding hydrogens is 188 g/mol. The second kappa shape index (κ2) is 3.92. The Balaban J connectivity index is 2.18. The summed E-state index contributed by atoms with van der Waals surface area (Å²) >= 11 is 0. The predicted octanol–water partition coefficient (Wildman–Crippen LogP) is 1.80. The number of halogens is 2. The highest BCUT2D eigenvalue weighted by atomic mass is 19.2. The van der Waals surface area contributed by atoms with Crippen LogP contribution >= 0.6 is 0 Å². The number of morpholine rings is 1. The number of hydrogen-bond donors (Lipinski definition) is 0. The summed E-state index contributed by atoms with van der Waals surface area (Å²) in [6.07, 6.45) is 0. The van der Waals surface area contributed by atoms with E-state index in [0.717, 1.165) is 19.2 Å². The van der Waals surface area contributed by atoms with Gasteiger partial charge in [-0.15, -0.1) is 0 Å². The van der Waals surface area contributed by atoms with Gasteiger partial charge < -0.3 is 9.64 Å². The first-order valence-electron chi connectivity index (χ1n) is 4.55. The van der Waals surface area contributed by atoms with Gasteiger partial charge in [0.25, 0.3) is 0 Å². The van der Waals surface area contributed by atoms with Crippen LogP contribution in [0.15, 0.2) is 18.2 Å². The van der Waals surface area contributed by atoms with E-state index < -0.39 is 11.6 Å². The number of anilines is 1. The van der Waals surface area contributed by atoms with Gasteiger partial charge in [-0.05, 0) is 12.1 Å². The van der Waals surface area contributed by atoms with Gasteiger partial charge in [-0.1, -0.05) is 0 Å². The lowest BCUT2D eigenvalue weighted by molar-refractivity contribution is 0.122. The first-order chi connectivity index (χ1) is 6.77. The summed E-state index contributed by atoms with van der Waals surface area (Å²) < 4.78 is 30.7. The molecule has 0 spiro atoms. The first kappa shape index (κ1) is 9.40. The minimum atomic E-state index is -0.804. The highest BCUT2D eigenvalue weighted by Crippen LogP contribution is 2.18. The highest BCUT2D eigenvalue weighted by molar-refractivity contribution is 5.46. The summed E-state index contributed by atoms with van der Waals surface area (Å²) in [5, 5.41) is 0. The van der Waals surface area contributed by atoms with Gasteiger partial charge in [-0.3, -0.25) is 0 Å². The number of hydrogen-bond acceptors (Lipinski definition) is 2. The van der Waals surface area contributed by atoms with E-state index in [-0.39, 0.29) is 0 Å². The molecule has 2 nitrogen and oxygen atoms in total. The Kier molecular flexibility index (Phi) is 2.63. The van der Waals surface area contributed by atoms with Crippen LogP contribution in [0, 0.1) is 11.6 Å². The molecule has 0 radical (unpaired) electrons. The smallest absolute Gasteiger partial charge is 0.160 e. The maximum Gasteiger partial charge on any atom is 0.160 e. The fourth-order valence-corrected chi connectivity index (χ4v) is 1.50. The lowest BCUT2D eigenvalue weighted by Gasteiger charge is -2.28. The average Bonchev–Trinajstić information content (AvgIpc) is 2.23. The zero-order chi connectivity index (χ0) is 9.97. The number of ether oxygens (including phenoxy) is 1. The predicted molar refractivity (Wildman–Crippen MR) is 49.4 cm³/mol. The Hall–Kier alpha value is -1.16. The monoisotopic (exact) mass is 199 g/mol. The number of rotatable bonds is 1. The zero-order valence-corrected chi connectivity index (χ0v) is 7.67. The molecule has 0 amide bonds. The minimum Gasteiger partial charge on any atom is -0.378 e. The summed E-state index contributed by atoms with van der Waals surface area (Å²) in [4.78, 5) is 1.98. The third kappa shape index (κ3) is 1.85. The first-order valence-corrected chi connectivity index (χ1v) is 4.55. The van der Waals surface area contributed by atoms with E-state index in [1.807, 2.05) is 4.90 Å². The van der Waals surface area contributed by atoms with Crippen molar-refractivity contribution >= 4 is 5.69 Å². The van der Waals surface area contributed by atoms with Gasteiger partial charge in [-0.25, -0.2) is 8.78 Å². The van der Waals surface area contributed by atoms with E-state index in [1.54, 1.807) is 6.07 Å². The SMILES string of the molecule is Fc1ccc(N2CCOCC2)cc1F. The van der Waals surface area contributed by atoms with E-state index in [0.29, 0.717) is 18.9 Å². The average molecular weight is 199 g/mol. The van der Waals surface area contributed by atoms with Gasteiger partial charge in [0.1, 0.15) is 0 Å². The Labute approximate surface area is 81.1 Å². The molecule has 0 N–H and O–H groups in total. The Morgan fingerprint density at radius 3 is 2.43 bits per heavy atom. The van der Waals surface area contributed by atoms with Crippen LogP contribution in [0.25, 0.3) is 0 Å². The number of nitrogens with zero attached hydrogens (tertiary/aromatic N) is 1. The second-order valence-electron chi connectivity index (χ2n) is 3.20. The van der Waals surface area contributed by atoms with Gasteiger partial charge in [0.2, 0.25) is 0 Å². The molecule has 4 heteroatoms. The Morgan fingerprint density at radius 2 is 1.79 bits per heavy atom. The third-order valence-electron chi connectivity index (χ3n) is 2.28. The summed E-state index contributed by atoms with van der Waals surface area (Å²) in [6, 6.07) is 3.96. The fourth-order valence-electron chi connectivity index (χ4n) is 1.50. The molecule has 0 atom stereocenters. The van der Waals surface area contributed by atoms with Gasteiger partial charge in [0.05, 0.1) is 13.2 Å². The van der Waals surface area contributed by atoms with Crippen LogP contribution in [0.2, 0.25) is 0 Å². The van der Waals surface area contributed by atoms with Gasteiger partial charge >= 0.3 is 0 Å². The second-order valence-corrected chi connectivity index (χ2v) is 3.20. The lowest BCUT2D eigenvalue weighted by Crippen LogP contribution is -2.36. The van der Waals surface area contributed by atoms with Crippen LogP contribution in [-0.2, 0) is 4.74 Å². The van der Waals surface area contributed by atoms with Crippen LogP contribution in [0.4, 0.5) is 14.5 Å². The molecule has 1 aromatic rings. The molecule has 1 fully saturated rings. The topological polar surface area (TPSA) is 12.5 Å². The van der Waals surface area contributed by atoms with Crippen molar-refractivity contribution in [1.82, 2.24) is 0 Å². The molecule has 1 aromatic carbocycles. The molecule has 0 aliphatic carbocycles. The van der Waals surface area contributed by atoms with Crippen molar-refractivity contribution in [2.75, 3.05) is 31.2 Å². The van der Waals surface area contributed by atoms with Crippen LogP contribution in [0.3, 0.4) is 0 Å². The molecule has 2 rings (SSSR count). The van der Waals surface area contributed by atoms with Crippen molar-refractivity contribution in [2.24, 2.45) is 0 Å². The molecule has 1 heterocycles. The van der Waals surface area contributed by atoms with Crippen molar-refractivity contribution in [1.29, 1.82) is 0 Å². The van der Waals surface area contributed by atoms with E-state index in [2.05, 4.69) is 0 Å². The molecule has 0 saturated carbocycles. The summed E-state index contributed by atoms with van der Waals surface area (Å²) in [5.41, 5.74) is 0.715. The summed E-state index contributed by atoms with van der Waals surface area (Å²) in [6.45, 7) is 2.73. The van der Waals surface area contributed by atoms with Gasteiger partial charge in [-0.2, -0.15) is 0 Å². The standard InChI is InChI=1S/C10H11F2NO/c11-9-2-1-8(7-10(9)12)13-3-5-14-6-4-13/h1-2,7H,3-6H2. The molecule has 76 valence electrons. The van der Waals surface area contributed by atoms with Crippen LogP contribution in [-0.4, -0.2) is 26.3 Å². The van der Waals surface area contributed by atoms with Crippen molar-refractivity contribution < 1.29 is 13.5 Å².